The van der Waals surface area contributed by atoms with Crippen molar-refractivity contribution in [3.05, 3.63) is 6.07 Å². The molecule has 1 heterocycles. The van der Waals surface area contributed by atoms with E-state index in [2.05, 4.69) is 9.97 Å². The molecular weight excluding hydrogens is 324 g/mol. The van der Waals surface area contributed by atoms with Crippen LogP contribution in [0, 0.1) is 0 Å². The largest absolute Gasteiger partial charge is 0.481 e. The quantitative estimate of drug-likeness (QED) is 0.578. The minimum absolute atomic E-state index is 0.0578. The maximum atomic E-state index is 12.2. The van der Waals surface area contributed by atoms with Crippen LogP contribution >= 0.6 is 11.6 Å². The number of carbonyl (C=O) groups is 1. The van der Waals surface area contributed by atoms with Crippen molar-refractivity contribution in [2.45, 2.75) is 43.6 Å². The van der Waals surface area contributed by atoms with Crippen molar-refractivity contribution in [1.29, 1.82) is 0 Å². The molecule has 2 atom stereocenters. The summed E-state index contributed by atoms with van der Waals surface area (Å²) < 4.78 is 21.1. The van der Waals surface area contributed by atoms with Gasteiger partial charge in [-0.2, -0.15) is 9.97 Å². The van der Waals surface area contributed by atoms with Crippen LogP contribution in [0.4, 0.5) is 0 Å². The zero-order valence-electron chi connectivity index (χ0n) is 13.5. The molecule has 2 rings (SSSR count). The van der Waals surface area contributed by atoms with E-state index in [4.69, 9.17) is 30.5 Å². The number of aromatic nitrogens is 2. The van der Waals surface area contributed by atoms with Crippen molar-refractivity contribution in [3.63, 3.8) is 0 Å². The third kappa shape index (κ3) is 3.96. The number of alkyl halides is 1. The first kappa shape index (κ1) is 17.6. The second-order valence-corrected chi connectivity index (χ2v) is 5.84. The number of rotatable bonds is 6. The molecule has 128 valence electrons. The van der Waals surface area contributed by atoms with Crippen molar-refractivity contribution in [2.24, 2.45) is 0 Å². The van der Waals surface area contributed by atoms with Gasteiger partial charge in [0.25, 0.3) is 0 Å². The molecule has 0 aromatic carbocycles. The minimum atomic E-state index is -1.23. The van der Waals surface area contributed by atoms with Crippen LogP contribution in [-0.4, -0.2) is 47.7 Å². The van der Waals surface area contributed by atoms with Crippen LogP contribution in [0.25, 0.3) is 0 Å². The fraction of sp³-hybridized carbons (Fsp3) is 0.667. The van der Waals surface area contributed by atoms with E-state index in [1.165, 1.54) is 20.3 Å². The Labute approximate surface area is 140 Å². The van der Waals surface area contributed by atoms with Gasteiger partial charge in [-0.3, -0.25) is 0 Å². The highest BCUT2D eigenvalue weighted by atomic mass is 35.5. The van der Waals surface area contributed by atoms with Gasteiger partial charge in [-0.25, -0.2) is 4.79 Å². The van der Waals surface area contributed by atoms with Crippen LogP contribution in [-0.2, 0) is 9.53 Å². The van der Waals surface area contributed by atoms with Crippen LogP contribution < -0.4 is 14.2 Å². The number of esters is 1. The maximum absolute atomic E-state index is 12.2. The molecule has 0 amide bonds. The van der Waals surface area contributed by atoms with Crippen molar-refractivity contribution in [3.8, 4) is 17.8 Å². The van der Waals surface area contributed by atoms with Crippen LogP contribution in [0.5, 0.6) is 17.8 Å². The predicted molar refractivity (Wildman–Crippen MR) is 83.2 cm³/mol. The average molecular weight is 345 g/mol. The molecule has 0 aliphatic heterocycles. The molecule has 1 fully saturated rings. The zero-order valence-corrected chi connectivity index (χ0v) is 14.3. The number of halogens is 1. The standard InChI is InChI=1S/C15H21ClN2O5/c1-4-22-13(19)15(16)8-6-5-7-10(15)23-14-17-11(20-2)9-12(18-14)21-3/h9-10H,4-8H2,1-3H3. The van der Waals surface area contributed by atoms with Gasteiger partial charge in [0.1, 0.15) is 6.10 Å². The van der Waals surface area contributed by atoms with Gasteiger partial charge in [0, 0.05) is 0 Å². The van der Waals surface area contributed by atoms with Crippen LogP contribution in [0.2, 0.25) is 0 Å². The lowest BCUT2D eigenvalue weighted by molar-refractivity contribution is -0.150. The van der Waals surface area contributed by atoms with E-state index in [1.54, 1.807) is 6.92 Å². The van der Waals surface area contributed by atoms with Crippen LogP contribution in [0.3, 0.4) is 0 Å². The Morgan fingerprint density at radius 1 is 1.30 bits per heavy atom. The minimum Gasteiger partial charge on any atom is -0.481 e. The zero-order chi connectivity index (χ0) is 16.9. The molecule has 1 aliphatic rings. The number of hydrogen-bond donors (Lipinski definition) is 0. The smallest absolute Gasteiger partial charge is 0.331 e. The molecule has 1 aromatic rings. The van der Waals surface area contributed by atoms with Gasteiger partial charge >= 0.3 is 12.0 Å². The molecule has 8 heteroatoms. The number of methoxy groups -OCH3 is 2. The molecule has 23 heavy (non-hydrogen) atoms. The second kappa shape index (κ2) is 7.68. The third-order valence-corrected chi connectivity index (χ3v) is 4.29. The van der Waals surface area contributed by atoms with Gasteiger partial charge in [-0.1, -0.05) is 6.42 Å². The Balaban J connectivity index is 2.23. The average Bonchev–Trinajstić information content (AvgIpc) is 2.56. The van der Waals surface area contributed by atoms with E-state index in [-0.39, 0.29) is 12.6 Å². The number of nitrogens with zero attached hydrogens (tertiary/aromatic N) is 2. The summed E-state index contributed by atoms with van der Waals surface area (Å²) in [5, 5.41) is 0. The van der Waals surface area contributed by atoms with Gasteiger partial charge in [0.05, 0.1) is 26.9 Å². The highest BCUT2D eigenvalue weighted by Crippen LogP contribution is 2.38. The van der Waals surface area contributed by atoms with Crippen molar-refractivity contribution in [2.75, 3.05) is 20.8 Å². The lowest BCUT2D eigenvalue weighted by Gasteiger charge is -2.36. The Kier molecular flexibility index (Phi) is 5.87. The second-order valence-electron chi connectivity index (χ2n) is 5.17. The molecule has 0 N–H and O–H groups in total. The van der Waals surface area contributed by atoms with E-state index in [0.717, 1.165) is 12.8 Å². The van der Waals surface area contributed by atoms with Crippen molar-refractivity contribution in [1.82, 2.24) is 9.97 Å². The van der Waals surface area contributed by atoms with Gasteiger partial charge in [0.15, 0.2) is 4.87 Å². The summed E-state index contributed by atoms with van der Waals surface area (Å²) >= 11 is 6.55. The molecule has 0 spiro atoms. The predicted octanol–water partition coefficient (Wildman–Crippen LogP) is 2.36. The number of carbonyl (C=O) groups excluding carboxylic acids is 1. The topological polar surface area (TPSA) is 79.8 Å². The van der Waals surface area contributed by atoms with Gasteiger partial charge in [0.2, 0.25) is 11.8 Å². The number of hydrogen-bond acceptors (Lipinski definition) is 7. The van der Waals surface area contributed by atoms with E-state index in [9.17, 15) is 4.79 Å². The Bertz CT molecular complexity index is 534. The van der Waals surface area contributed by atoms with E-state index in [1.807, 2.05) is 0 Å². The fourth-order valence-corrected chi connectivity index (χ4v) is 2.85. The van der Waals surface area contributed by atoms with Crippen LogP contribution in [0.15, 0.2) is 6.07 Å². The summed E-state index contributed by atoms with van der Waals surface area (Å²) in [6, 6.07) is 1.59. The van der Waals surface area contributed by atoms with Crippen LogP contribution in [0.1, 0.15) is 32.6 Å². The Hall–Kier alpha value is -1.76. The Morgan fingerprint density at radius 3 is 2.52 bits per heavy atom. The van der Waals surface area contributed by atoms with Crippen molar-refractivity contribution >= 4 is 17.6 Å². The summed E-state index contributed by atoms with van der Waals surface area (Å²) in [5.74, 6) is 0.138. The molecule has 1 aliphatic carbocycles. The summed E-state index contributed by atoms with van der Waals surface area (Å²) in [6.45, 7) is 2.01. The highest BCUT2D eigenvalue weighted by molar-refractivity contribution is 6.34. The molecule has 0 saturated heterocycles. The third-order valence-electron chi connectivity index (χ3n) is 3.71. The monoisotopic (exact) mass is 344 g/mol. The van der Waals surface area contributed by atoms with Crippen molar-refractivity contribution < 1.29 is 23.7 Å². The molecule has 1 saturated carbocycles. The lowest BCUT2D eigenvalue weighted by Crippen LogP contribution is -2.50. The summed E-state index contributed by atoms with van der Waals surface area (Å²) in [6.07, 6.45) is 2.27. The van der Waals surface area contributed by atoms with Gasteiger partial charge in [-0.15, -0.1) is 11.6 Å². The summed E-state index contributed by atoms with van der Waals surface area (Å²) in [5.41, 5.74) is 0. The molecule has 0 radical (unpaired) electrons. The Morgan fingerprint density at radius 2 is 1.96 bits per heavy atom. The molecule has 0 bridgehead atoms. The number of ether oxygens (including phenoxy) is 4. The normalized spacial score (nSPS) is 23.9. The molecular formula is C15H21ClN2O5. The lowest BCUT2D eigenvalue weighted by atomic mass is 9.85. The van der Waals surface area contributed by atoms with E-state index in [0.29, 0.717) is 24.6 Å². The first-order valence-corrected chi connectivity index (χ1v) is 7.91. The fourth-order valence-electron chi connectivity index (χ4n) is 2.51. The maximum Gasteiger partial charge on any atom is 0.331 e. The van der Waals surface area contributed by atoms with E-state index < -0.39 is 16.9 Å². The molecule has 2 unspecified atom stereocenters. The SMILES string of the molecule is CCOC(=O)C1(Cl)CCCCC1Oc1nc(OC)cc(OC)n1. The first-order chi connectivity index (χ1) is 11.0. The molecule has 7 nitrogen and oxygen atoms in total. The first-order valence-electron chi connectivity index (χ1n) is 7.53. The molecule has 1 aromatic heterocycles. The van der Waals surface area contributed by atoms with Gasteiger partial charge < -0.3 is 18.9 Å². The summed E-state index contributed by atoms with van der Waals surface area (Å²) in [7, 11) is 2.97. The highest BCUT2D eigenvalue weighted by Gasteiger charge is 2.49. The van der Waals surface area contributed by atoms with Gasteiger partial charge in [-0.05, 0) is 26.2 Å². The summed E-state index contributed by atoms with van der Waals surface area (Å²) in [4.78, 5) is 19.3. The van der Waals surface area contributed by atoms with E-state index >= 15 is 0 Å².